The molecule has 0 saturated carbocycles. The van der Waals surface area contributed by atoms with Gasteiger partial charge in [0.2, 0.25) is 5.95 Å². The Hall–Kier alpha value is -2.50. The lowest BCUT2D eigenvalue weighted by Crippen LogP contribution is -2.16. The lowest BCUT2D eigenvalue weighted by molar-refractivity contribution is 0.897. The maximum absolute atomic E-state index is 11.3. The van der Waals surface area contributed by atoms with E-state index < -0.39 is 0 Å². The summed E-state index contributed by atoms with van der Waals surface area (Å²) in [5, 5.41) is 11.7. The Morgan fingerprint density at radius 3 is 2.53 bits per heavy atom. The Morgan fingerprint density at radius 2 is 1.89 bits per heavy atom. The fourth-order valence-electron chi connectivity index (χ4n) is 1.44. The number of aryl methyl sites for hydroxylation is 2. The van der Waals surface area contributed by atoms with E-state index in [1.165, 1.54) is 5.56 Å². The van der Waals surface area contributed by atoms with Gasteiger partial charge in [-0.25, -0.2) is 5.43 Å². The van der Waals surface area contributed by atoms with Crippen LogP contribution in [0.5, 0.6) is 0 Å². The molecule has 0 spiro atoms. The van der Waals surface area contributed by atoms with Crippen molar-refractivity contribution in [1.29, 1.82) is 0 Å². The summed E-state index contributed by atoms with van der Waals surface area (Å²) in [5.74, 6) is 0.224. The van der Waals surface area contributed by atoms with Crippen LogP contribution in [0.3, 0.4) is 0 Å². The van der Waals surface area contributed by atoms with E-state index in [2.05, 4.69) is 25.7 Å². The van der Waals surface area contributed by atoms with Crippen molar-refractivity contribution in [1.82, 2.24) is 15.2 Å². The standard InChI is InChI=1S/C13H15N5O/c1-8-4-6-11(7-5-8)9(2)15-17-13-14-12(19)10(3)16-18-13/h4-7H,1-3H3,(H2,14,17,18,19)/b15-9-. The summed E-state index contributed by atoms with van der Waals surface area (Å²) in [7, 11) is 0. The van der Waals surface area contributed by atoms with Gasteiger partial charge in [-0.3, -0.25) is 9.78 Å². The Kier molecular flexibility index (Phi) is 3.70. The molecular formula is C13H15N5O. The van der Waals surface area contributed by atoms with Crippen LogP contribution in [-0.4, -0.2) is 20.9 Å². The minimum Gasteiger partial charge on any atom is -0.288 e. The Labute approximate surface area is 110 Å². The molecule has 1 heterocycles. The van der Waals surface area contributed by atoms with Crippen LogP contribution in [0, 0.1) is 13.8 Å². The highest BCUT2D eigenvalue weighted by atomic mass is 16.1. The number of H-pyrrole nitrogens is 1. The Bertz CT molecular complexity index is 657. The number of aromatic amines is 1. The maximum atomic E-state index is 11.3. The minimum atomic E-state index is -0.277. The van der Waals surface area contributed by atoms with Crippen LogP contribution in [0.1, 0.15) is 23.7 Å². The van der Waals surface area contributed by atoms with E-state index in [1.807, 2.05) is 38.1 Å². The summed E-state index contributed by atoms with van der Waals surface area (Å²) >= 11 is 0. The second kappa shape index (κ2) is 5.43. The van der Waals surface area contributed by atoms with E-state index in [9.17, 15) is 4.79 Å². The van der Waals surface area contributed by atoms with Crippen LogP contribution in [0.4, 0.5) is 5.95 Å². The van der Waals surface area contributed by atoms with Gasteiger partial charge in [0.05, 0.1) is 5.71 Å². The van der Waals surface area contributed by atoms with Crippen molar-refractivity contribution < 1.29 is 0 Å². The van der Waals surface area contributed by atoms with Gasteiger partial charge in [0.25, 0.3) is 5.56 Å². The van der Waals surface area contributed by atoms with E-state index in [0.717, 1.165) is 11.3 Å². The molecule has 0 unspecified atom stereocenters. The number of rotatable bonds is 3. The molecule has 19 heavy (non-hydrogen) atoms. The zero-order valence-corrected chi connectivity index (χ0v) is 11.1. The van der Waals surface area contributed by atoms with Crippen molar-refractivity contribution in [3.8, 4) is 0 Å². The molecule has 2 aromatic rings. The maximum Gasteiger partial charge on any atom is 0.274 e. The van der Waals surface area contributed by atoms with Crippen molar-refractivity contribution in [3.05, 3.63) is 51.4 Å². The third-order valence-electron chi connectivity index (χ3n) is 2.66. The van der Waals surface area contributed by atoms with E-state index in [1.54, 1.807) is 6.92 Å². The van der Waals surface area contributed by atoms with Crippen molar-refractivity contribution in [3.63, 3.8) is 0 Å². The summed E-state index contributed by atoms with van der Waals surface area (Å²) in [4.78, 5) is 13.9. The van der Waals surface area contributed by atoms with Gasteiger partial charge in [0.1, 0.15) is 5.69 Å². The topological polar surface area (TPSA) is 83.0 Å². The molecule has 2 rings (SSSR count). The third-order valence-corrected chi connectivity index (χ3v) is 2.66. The highest BCUT2D eigenvalue weighted by Gasteiger charge is 2.00. The first kappa shape index (κ1) is 12.9. The fourth-order valence-corrected chi connectivity index (χ4v) is 1.44. The molecule has 0 amide bonds. The summed E-state index contributed by atoms with van der Waals surface area (Å²) < 4.78 is 0. The molecule has 6 heteroatoms. The molecule has 0 saturated heterocycles. The van der Waals surface area contributed by atoms with Crippen LogP contribution < -0.4 is 11.0 Å². The highest BCUT2D eigenvalue weighted by Crippen LogP contribution is 2.05. The third kappa shape index (κ3) is 3.25. The van der Waals surface area contributed by atoms with E-state index in [0.29, 0.717) is 5.69 Å². The van der Waals surface area contributed by atoms with Crippen LogP contribution in [-0.2, 0) is 0 Å². The second-order valence-corrected chi connectivity index (χ2v) is 4.26. The molecule has 2 N–H and O–H groups in total. The molecule has 0 radical (unpaired) electrons. The van der Waals surface area contributed by atoms with Crippen molar-refractivity contribution in [2.45, 2.75) is 20.8 Å². The molecule has 0 aliphatic rings. The summed E-state index contributed by atoms with van der Waals surface area (Å²) in [6.07, 6.45) is 0. The lowest BCUT2D eigenvalue weighted by atomic mass is 10.1. The molecule has 0 aliphatic heterocycles. The predicted molar refractivity (Wildman–Crippen MR) is 74.4 cm³/mol. The molecule has 0 fully saturated rings. The average Bonchev–Trinajstić information content (AvgIpc) is 2.40. The molecule has 6 nitrogen and oxygen atoms in total. The van der Waals surface area contributed by atoms with E-state index >= 15 is 0 Å². The molecular weight excluding hydrogens is 242 g/mol. The quantitative estimate of drug-likeness (QED) is 0.646. The van der Waals surface area contributed by atoms with Crippen LogP contribution in [0.25, 0.3) is 0 Å². The monoisotopic (exact) mass is 257 g/mol. The van der Waals surface area contributed by atoms with Crippen LogP contribution >= 0.6 is 0 Å². The van der Waals surface area contributed by atoms with Crippen molar-refractivity contribution >= 4 is 11.7 Å². The molecule has 1 aromatic heterocycles. The largest absolute Gasteiger partial charge is 0.288 e. The fraction of sp³-hybridized carbons (Fsp3) is 0.231. The van der Waals surface area contributed by atoms with Crippen LogP contribution in [0.15, 0.2) is 34.2 Å². The molecule has 98 valence electrons. The number of hydrogen-bond donors (Lipinski definition) is 2. The second-order valence-electron chi connectivity index (χ2n) is 4.26. The first-order valence-electron chi connectivity index (χ1n) is 5.87. The van der Waals surface area contributed by atoms with Crippen molar-refractivity contribution in [2.24, 2.45) is 5.10 Å². The number of hydrazone groups is 1. The normalized spacial score (nSPS) is 11.4. The first-order chi connectivity index (χ1) is 9.06. The summed E-state index contributed by atoms with van der Waals surface area (Å²) in [6.45, 7) is 5.50. The van der Waals surface area contributed by atoms with E-state index in [4.69, 9.17) is 0 Å². The van der Waals surface area contributed by atoms with Gasteiger partial charge >= 0.3 is 0 Å². The Balaban J connectivity index is 2.15. The van der Waals surface area contributed by atoms with Gasteiger partial charge < -0.3 is 0 Å². The SMILES string of the molecule is C/C(=N/Nc1nnc(C)c(=O)[nH]1)c1ccc(C)cc1. The molecule has 0 bridgehead atoms. The molecule has 0 aliphatic carbocycles. The van der Waals surface area contributed by atoms with Gasteiger partial charge in [0, 0.05) is 0 Å². The summed E-state index contributed by atoms with van der Waals surface area (Å²) in [5.41, 5.74) is 5.72. The number of aromatic nitrogens is 3. The van der Waals surface area contributed by atoms with Crippen molar-refractivity contribution in [2.75, 3.05) is 5.43 Å². The number of benzene rings is 1. The molecule has 0 atom stereocenters. The van der Waals surface area contributed by atoms with Gasteiger partial charge in [-0.05, 0) is 26.3 Å². The molecule has 1 aromatic carbocycles. The van der Waals surface area contributed by atoms with Gasteiger partial charge in [0.15, 0.2) is 0 Å². The van der Waals surface area contributed by atoms with Gasteiger partial charge in [-0.2, -0.15) is 5.10 Å². The van der Waals surface area contributed by atoms with E-state index in [-0.39, 0.29) is 11.5 Å². The average molecular weight is 257 g/mol. The predicted octanol–water partition coefficient (Wildman–Crippen LogP) is 1.62. The lowest BCUT2D eigenvalue weighted by Gasteiger charge is -2.03. The highest BCUT2D eigenvalue weighted by molar-refractivity contribution is 5.98. The number of anilines is 1. The number of hydrogen-bond acceptors (Lipinski definition) is 5. The van der Waals surface area contributed by atoms with Crippen LogP contribution in [0.2, 0.25) is 0 Å². The van der Waals surface area contributed by atoms with Gasteiger partial charge in [-0.15, -0.1) is 10.2 Å². The van der Waals surface area contributed by atoms with Gasteiger partial charge in [-0.1, -0.05) is 29.8 Å². The first-order valence-corrected chi connectivity index (χ1v) is 5.87. The minimum absolute atomic E-state index is 0.224. The zero-order chi connectivity index (χ0) is 13.8. The number of nitrogens with zero attached hydrogens (tertiary/aromatic N) is 3. The summed E-state index contributed by atoms with van der Waals surface area (Å²) in [6, 6.07) is 8.00. The number of nitrogens with one attached hydrogen (secondary N) is 2. The smallest absolute Gasteiger partial charge is 0.274 e. The Morgan fingerprint density at radius 1 is 1.21 bits per heavy atom. The zero-order valence-electron chi connectivity index (χ0n) is 11.1.